The Balaban J connectivity index is 0.000000240. The molecule has 4 heterocycles. The van der Waals surface area contributed by atoms with Gasteiger partial charge in [0.2, 0.25) is 23.6 Å². The van der Waals surface area contributed by atoms with Crippen LogP contribution < -0.4 is 25.4 Å². The Morgan fingerprint density at radius 3 is 1.47 bits per heavy atom. The minimum Gasteiger partial charge on any atom is -0.495 e. The summed E-state index contributed by atoms with van der Waals surface area (Å²) in [6, 6.07) is 13.5. The fourth-order valence-corrected chi connectivity index (χ4v) is 10.2. The van der Waals surface area contributed by atoms with Gasteiger partial charge in [0.05, 0.1) is 80.7 Å². The number of methoxy groups -OCH3 is 2. The number of anilines is 2. The molecule has 0 radical (unpaired) electrons. The minimum absolute atomic E-state index is 0.0106. The van der Waals surface area contributed by atoms with E-state index >= 15 is 0 Å². The standard InChI is InChI=1S/C28H35ClN6O3.C27H33ClN6O3.C2H3N/c1-18(19-7-10-35(11-8-19)28(37)20-4-5-20)34(2)9-6-21-12-26(38-3)25(14-24(21)29)33-27(36)13-22-16-32-23(15-30)17-31-22;1-17(18-6-9-34(10-7-18)27(36)19-3-4-19)30-8-5-20-11-25(37-2)24(13-23(20)28)33-26(35)12-21-15-32-22(14-29)16-31-21;1-2-3/h12,14,16-20H,4-11,13H2,1-3H3,(H,33,36);11,13,15-19,30H,3-10,12H2,1-2H3,(H,33,35);1H3/t18-;17-;/m00./s1. The Kier molecular flexibility index (Phi) is 23.0. The zero-order chi connectivity index (χ0) is 56.3. The number of ether oxygens (including phenoxy) is 2. The number of nitrogens with zero attached hydrogens (tertiary/aromatic N) is 10. The number of carbonyl (C=O) groups excluding carboxylic acids is 4. The number of likely N-dealkylation sites (tertiary alicyclic amines) is 2. The fraction of sp³-hybridized carbons (Fsp3) is 0.526. The van der Waals surface area contributed by atoms with Crippen molar-refractivity contribution in [2.45, 2.75) is 110 Å². The lowest BCUT2D eigenvalue weighted by atomic mass is 9.89. The van der Waals surface area contributed by atoms with Gasteiger partial charge in [0, 0.05) is 73.6 Å². The van der Waals surface area contributed by atoms with Crippen molar-refractivity contribution in [3.05, 3.63) is 93.0 Å². The molecular weight excluding hydrogens is 1030 g/mol. The SMILES string of the molecule is CC#N.COc1cc(CCN(C)[C@@H](C)C2CCN(C(=O)C3CC3)CC2)c(Cl)cc1NC(=O)Cc1cnc(C#N)cn1.COc1cc(CCN[C@@H](C)C2CCN(C(=O)C3CC3)CC2)c(Cl)cc1NC(=O)Cc1cnc(C#N)cn1. The molecule has 3 N–H and O–H groups in total. The quantitative estimate of drug-likeness (QED) is 0.0770. The van der Waals surface area contributed by atoms with Crippen molar-refractivity contribution in [2.75, 3.05) is 71.2 Å². The van der Waals surface area contributed by atoms with Crippen molar-refractivity contribution in [3.63, 3.8) is 0 Å². The molecule has 2 saturated carbocycles. The van der Waals surface area contributed by atoms with Crippen LogP contribution in [0.2, 0.25) is 10.0 Å². The van der Waals surface area contributed by atoms with Crippen LogP contribution in [0.3, 0.4) is 0 Å². The summed E-state index contributed by atoms with van der Waals surface area (Å²) in [5, 5.41) is 35.4. The van der Waals surface area contributed by atoms with Crippen LogP contribution in [0.5, 0.6) is 11.5 Å². The fourth-order valence-electron chi connectivity index (χ4n) is 9.69. The Hall–Kier alpha value is -6.95. The number of hydrogen-bond donors (Lipinski definition) is 3. The number of carbonyl (C=O) groups is 4. The molecule has 4 amide bonds. The van der Waals surface area contributed by atoms with Crippen LogP contribution in [-0.4, -0.2) is 131 Å². The van der Waals surface area contributed by atoms with Gasteiger partial charge in [-0.3, -0.25) is 29.1 Å². The van der Waals surface area contributed by atoms with E-state index in [1.165, 1.54) is 31.7 Å². The first-order chi connectivity index (χ1) is 37.6. The van der Waals surface area contributed by atoms with Crippen molar-refractivity contribution < 1.29 is 28.7 Å². The van der Waals surface area contributed by atoms with E-state index in [1.54, 1.807) is 32.4 Å². The van der Waals surface area contributed by atoms with Crippen molar-refractivity contribution >= 4 is 58.2 Å². The molecular formula is C57H71Cl2N13O6. The number of hydrogen-bond acceptors (Lipinski definition) is 15. The summed E-state index contributed by atoms with van der Waals surface area (Å²) in [6.45, 7) is 10.9. The number of benzene rings is 2. The topological polar surface area (TPSA) is 255 Å². The van der Waals surface area contributed by atoms with Gasteiger partial charge in [-0.15, -0.1) is 0 Å². The molecule has 2 aliphatic carbocycles. The molecule has 2 atom stereocenters. The molecule has 78 heavy (non-hydrogen) atoms. The summed E-state index contributed by atoms with van der Waals surface area (Å²) in [5.74, 6) is 2.90. The number of rotatable bonds is 20. The summed E-state index contributed by atoms with van der Waals surface area (Å²) in [5.41, 5.74) is 4.16. The highest BCUT2D eigenvalue weighted by Gasteiger charge is 2.37. The van der Waals surface area contributed by atoms with Crippen LogP contribution in [0, 0.1) is 57.7 Å². The predicted molar refractivity (Wildman–Crippen MR) is 296 cm³/mol. The molecule has 0 bridgehead atoms. The normalized spacial score (nSPS) is 16.1. The average Bonchev–Trinajstić information content (AvgIpc) is 4.41. The Morgan fingerprint density at radius 1 is 0.667 bits per heavy atom. The van der Waals surface area contributed by atoms with Gasteiger partial charge in [0.1, 0.15) is 23.6 Å². The predicted octanol–water partition coefficient (Wildman–Crippen LogP) is 7.59. The van der Waals surface area contributed by atoms with E-state index in [1.807, 2.05) is 29.2 Å². The van der Waals surface area contributed by atoms with E-state index in [-0.39, 0.29) is 36.0 Å². The average molecular weight is 1110 g/mol. The van der Waals surface area contributed by atoms with Crippen LogP contribution in [0.1, 0.15) is 106 Å². The molecule has 2 aromatic heterocycles. The first-order valence-corrected chi connectivity index (χ1v) is 27.4. The van der Waals surface area contributed by atoms with Gasteiger partial charge in [0.25, 0.3) is 0 Å². The summed E-state index contributed by atoms with van der Waals surface area (Å²) in [4.78, 5) is 72.2. The van der Waals surface area contributed by atoms with Crippen LogP contribution in [0.15, 0.2) is 49.1 Å². The van der Waals surface area contributed by atoms with E-state index in [0.29, 0.717) is 98.3 Å². The van der Waals surface area contributed by atoms with E-state index in [9.17, 15) is 19.2 Å². The van der Waals surface area contributed by atoms with Crippen molar-refractivity contribution in [2.24, 2.45) is 23.7 Å². The highest BCUT2D eigenvalue weighted by Crippen LogP contribution is 2.36. The van der Waals surface area contributed by atoms with Gasteiger partial charge >= 0.3 is 0 Å². The van der Waals surface area contributed by atoms with Crippen LogP contribution in [0.25, 0.3) is 0 Å². The Labute approximate surface area is 468 Å². The van der Waals surface area contributed by atoms with E-state index in [4.69, 9.17) is 48.5 Å². The zero-order valence-electron chi connectivity index (χ0n) is 45.5. The molecule has 0 unspecified atom stereocenters. The van der Waals surface area contributed by atoms with Crippen LogP contribution in [0.4, 0.5) is 11.4 Å². The van der Waals surface area contributed by atoms with Crippen molar-refractivity contribution in [1.82, 2.24) is 40.0 Å². The third-order valence-electron chi connectivity index (χ3n) is 14.8. The third kappa shape index (κ3) is 17.8. The molecule has 0 spiro atoms. The summed E-state index contributed by atoms with van der Waals surface area (Å²) >= 11 is 13.2. The van der Waals surface area contributed by atoms with Gasteiger partial charge in [-0.1, -0.05) is 23.2 Å². The van der Waals surface area contributed by atoms with E-state index in [2.05, 4.69) is 66.6 Å². The molecule has 2 saturated heterocycles. The second kappa shape index (κ2) is 29.7. The number of likely N-dealkylation sites (N-methyl/N-ethyl adjacent to an activating group) is 1. The first kappa shape index (κ1) is 60.3. The lowest BCUT2D eigenvalue weighted by molar-refractivity contribution is -0.134. The molecule has 21 heteroatoms. The number of halogens is 2. The van der Waals surface area contributed by atoms with Gasteiger partial charge in [-0.25, -0.2) is 9.97 Å². The number of nitriles is 3. The largest absolute Gasteiger partial charge is 0.495 e. The van der Waals surface area contributed by atoms with Gasteiger partial charge in [0.15, 0.2) is 11.4 Å². The van der Waals surface area contributed by atoms with Crippen LogP contribution >= 0.6 is 23.2 Å². The van der Waals surface area contributed by atoms with Gasteiger partial charge in [-0.05, 0) is 139 Å². The van der Waals surface area contributed by atoms with E-state index in [0.717, 1.165) is 108 Å². The molecule has 8 rings (SSSR count). The number of piperidine rings is 2. The maximum Gasteiger partial charge on any atom is 0.230 e. The minimum atomic E-state index is -0.290. The van der Waals surface area contributed by atoms with Gasteiger partial charge in [-0.2, -0.15) is 15.8 Å². The third-order valence-corrected chi connectivity index (χ3v) is 15.5. The highest BCUT2D eigenvalue weighted by atomic mass is 35.5. The monoisotopic (exact) mass is 1100 g/mol. The highest BCUT2D eigenvalue weighted by molar-refractivity contribution is 6.32. The Morgan fingerprint density at radius 2 is 1.09 bits per heavy atom. The summed E-state index contributed by atoms with van der Waals surface area (Å²) in [7, 11) is 5.25. The summed E-state index contributed by atoms with van der Waals surface area (Å²) < 4.78 is 11.0. The molecule has 4 aliphatic rings. The van der Waals surface area contributed by atoms with Crippen LogP contribution in [-0.2, 0) is 44.9 Å². The molecule has 2 aliphatic heterocycles. The smallest absolute Gasteiger partial charge is 0.230 e. The van der Waals surface area contributed by atoms with E-state index < -0.39 is 0 Å². The molecule has 4 aromatic rings. The zero-order valence-corrected chi connectivity index (χ0v) is 47.0. The molecule has 19 nitrogen and oxygen atoms in total. The second-order valence-corrected chi connectivity index (χ2v) is 21.1. The van der Waals surface area contributed by atoms with Crippen molar-refractivity contribution in [1.29, 1.82) is 15.8 Å². The maximum absolute atomic E-state index is 12.6. The lowest BCUT2D eigenvalue weighted by Crippen LogP contribution is -2.45. The molecule has 2 aromatic carbocycles. The van der Waals surface area contributed by atoms with Gasteiger partial charge < -0.3 is 40.1 Å². The van der Waals surface area contributed by atoms with Crippen molar-refractivity contribution in [3.8, 4) is 29.7 Å². The number of nitrogens with one attached hydrogen (secondary N) is 3. The second-order valence-electron chi connectivity index (χ2n) is 20.3. The molecule has 4 fully saturated rings. The molecule has 414 valence electrons. The Bertz CT molecular complexity index is 2810. The maximum atomic E-state index is 12.6. The number of aromatic nitrogens is 4. The first-order valence-electron chi connectivity index (χ1n) is 26.6. The number of amides is 4. The lowest BCUT2D eigenvalue weighted by Gasteiger charge is -2.38. The summed E-state index contributed by atoms with van der Waals surface area (Å²) in [6.07, 6.45) is 15.4.